The van der Waals surface area contributed by atoms with E-state index < -0.39 is 0 Å². The van der Waals surface area contributed by atoms with Crippen LogP contribution < -0.4 is 0 Å². The predicted octanol–water partition coefficient (Wildman–Crippen LogP) is 3.38. The van der Waals surface area contributed by atoms with Crippen LogP contribution in [0.15, 0.2) is 40.6 Å². The summed E-state index contributed by atoms with van der Waals surface area (Å²) in [6, 6.07) is 7.83. The van der Waals surface area contributed by atoms with Crippen LogP contribution in [-0.4, -0.2) is 17.6 Å². The highest BCUT2D eigenvalue weighted by Gasteiger charge is 2.14. The second-order valence-electron chi connectivity index (χ2n) is 3.57. The van der Waals surface area contributed by atoms with Gasteiger partial charge in [-0.3, -0.25) is 0 Å². The number of nitrogens with zero attached hydrogens (tertiary/aromatic N) is 1. The number of carbonyl (C=O) groups excluding carboxylic acids is 1. The first-order chi connectivity index (χ1) is 8.27. The first-order valence-electron chi connectivity index (χ1n) is 5.19. The van der Waals surface area contributed by atoms with E-state index in [2.05, 4.69) is 22.6 Å². The molecule has 0 amide bonds. The molecule has 2 aromatic rings. The summed E-state index contributed by atoms with van der Waals surface area (Å²) in [4.78, 5) is 11.7. The number of rotatable bonds is 3. The molecule has 0 saturated heterocycles. The Morgan fingerprint density at radius 2 is 2.24 bits per heavy atom. The van der Waals surface area contributed by atoms with Crippen LogP contribution in [0.4, 0.5) is 0 Å². The maximum absolute atomic E-state index is 11.7. The Hall–Kier alpha value is -1.30. The van der Waals surface area contributed by atoms with E-state index in [9.17, 15) is 4.79 Å². The van der Waals surface area contributed by atoms with E-state index in [-0.39, 0.29) is 5.97 Å². The van der Waals surface area contributed by atoms with E-state index >= 15 is 0 Å². The minimum Gasteiger partial charge on any atom is -0.465 e. The fraction of sp³-hybridized carbons (Fsp3) is 0.154. The molecule has 0 aliphatic carbocycles. The minimum atomic E-state index is -0.293. The Kier molecular flexibility index (Phi) is 3.83. The zero-order valence-corrected chi connectivity index (χ0v) is 11.5. The van der Waals surface area contributed by atoms with Crippen molar-refractivity contribution >= 4 is 39.5 Å². The summed E-state index contributed by atoms with van der Waals surface area (Å²) in [5.41, 5.74) is 1.66. The quantitative estimate of drug-likeness (QED) is 0.633. The topological polar surface area (TPSA) is 31.2 Å². The van der Waals surface area contributed by atoms with Gasteiger partial charge in [-0.2, -0.15) is 0 Å². The van der Waals surface area contributed by atoms with Crippen molar-refractivity contribution in [2.45, 2.75) is 6.54 Å². The fourth-order valence-corrected chi connectivity index (χ4v) is 2.05. The van der Waals surface area contributed by atoms with Crippen LogP contribution in [0.2, 0.25) is 0 Å². The molecule has 1 heterocycles. The molecule has 88 valence electrons. The van der Waals surface area contributed by atoms with Crippen LogP contribution in [0.25, 0.3) is 10.9 Å². The van der Waals surface area contributed by atoms with Gasteiger partial charge in [0.2, 0.25) is 0 Å². The van der Waals surface area contributed by atoms with Crippen molar-refractivity contribution in [3.05, 3.63) is 46.2 Å². The van der Waals surface area contributed by atoms with Gasteiger partial charge in [0.05, 0.1) is 12.7 Å². The lowest BCUT2D eigenvalue weighted by atomic mass is 10.2. The summed E-state index contributed by atoms with van der Waals surface area (Å²) in [5, 5.41) is 0.932. The number of allylic oxidation sites excluding steroid dienone is 1. The Labute approximate surface area is 113 Å². The first-order valence-corrected chi connectivity index (χ1v) is 6.44. The number of hydrogen-bond donors (Lipinski definition) is 0. The van der Waals surface area contributed by atoms with Gasteiger partial charge in [-0.25, -0.2) is 4.79 Å². The SMILES string of the molecule is COC(=O)c1cn(C/C=C/I)c2ccccc12. The standard InChI is InChI=1S/C13H12INO2/c1-17-13(16)11-9-15(8-4-7-14)12-6-3-2-5-10(11)12/h2-7,9H,8H2,1H3/b7-4+. The molecule has 1 aromatic carbocycles. The molecule has 0 radical (unpaired) electrons. The number of esters is 1. The van der Waals surface area contributed by atoms with Gasteiger partial charge in [0.25, 0.3) is 0 Å². The van der Waals surface area contributed by atoms with Crippen molar-refractivity contribution in [3.8, 4) is 0 Å². The van der Waals surface area contributed by atoms with Gasteiger partial charge in [0.1, 0.15) is 0 Å². The van der Waals surface area contributed by atoms with E-state index in [0.29, 0.717) is 5.56 Å². The van der Waals surface area contributed by atoms with E-state index in [1.807, 2.05) is 45.2 Å². The summed E-state index contributed by atoms with van der Waals surface area (Å²) in [6.07, 6.45) is 3.88. The molecule has 0 N–H and O–H groups in total. The number of fused-ring (bicyclic) bond motifs is 1. The molecule has 2 rings (SSSR count). The Balaban J connectivity index is 2.58. The molecule has 0 saturated carbocycles. The lowest BCUT2D eigenvalue weighted by Crippen LogP contribution is -2.00. The van der Waals surface area contributed by atoms with E-state index in [1.54, 1.807) is 0 Å². The van der Waals surface area contributed by atoms with Gasteiger partial charge in [-0.15, -0.1) is 0 Å². The number of hydrogen-bond acceptors (Lipinski definition) is 2. The molecular formula is C13H12INO2. The van der Waals surface area contributed by atoms with Crippen LogP contribution >= 0.6 is 22.6 Å². The van der Waals surface area contributed by atoms with Gasteiger partial charge >= 0.3 is 5.97 Å². The van der Waals surface area contributed by atoms with Gasteiger partial charge in [0, 0.05) is 23.6 Å². The lowest BCUT2D eigenvalue weighted by molar-refractivity contribution is 0.0603. The number of benzene rings is 1. The van der Waals surface area contributed by atoms with Crippen molar-refractivity contribution in [2.75, 3.05) is 7.11 Å². The molecule has 0 spiro atoms. The summed E-state index contributed by atoms with van der Waals surface area (Å²) in [5.74, 6) is -0.293. The third-order valence-corrected chi connectivity index (χ3v) is 3.09. The molecule has 0 unspecified atom stereocenters. The normalized spacial score (nSPS) is 11.2. The van der Waals surface area contributed by atoms with Gasteiger partial charge < -0.3 is 9.30 Å². The molecule has 0 aliphatic rings. The zero-order chi connectivity index (χ0) is 12.3. The molecule has 0 fully saturated rings. The lowest BCUT2D eigenvalue weighted by Gasteiger charge is -1.99. The predicted molar refractivity (Wildman–Crippen MR) is 76.4 cm³/mol. The molecule has 1 aromatic heterocycles. The average Bonchev–Trinajstić information content (AvgIpc) is 2.74. The van der Waals surface area contributed by atoms with Crippen molar-refractivity contribution < 1.29 is 9.53 Å². The summed E-state index contributed by atoms with van der Waals surface area (Å²) >= 11 is 2.18. The largest absolute Gasteiger partial charge is 0.465 e. The number of halogens is 1. The van der Waals surface area contributed by atoms with Crippen LogP contribution in [0.1, 0.15) is 10.4 Å². The summed E-state index contributed by atoms with van der Waals surface area (Å²) in [7, 11) is 1.40. The average molecular weight is 341 g/mol. The van der Waals surface area contributed by atoms with E-state index in [1.165, 1.54) is 7.11 Å². The molecule has 0 aliphatic heterocycles. The monoisotopic (exact) mass is 341 g/mol. The smallest absolute Gasteiger partial charge is 0.340 e. The Morgan fingerprint density at radius 3 is 2.94 bits per heavy atom. The number of carbonyl (C=O) groups is 1. The van der Waals surface area contributed by atoms with E-state index in [4.69, 9.17) is 4.74 Å². The molecular weight excluding hydrogens is 329 g/mol. The van der Waals surface area contributed by atoms with Crippen LogP contribution in [-0.2, 0) is 11.3 Å². The van der Waals surface area contributed by atoms with Crippen LogP contribution in [0.5, 0.6) is 0 Å². The maximum Gasteiger partial charge on any atom is 0.340 e. The van der Waals surface area contributed by atoms with Crippen molar-refractivity contribution in [2.24, 2.45) is 0 Å². The molecule has 4 heteroatoms. The third kappa shape index (κ3) is 2.36. The van der Waals surface area contributed by atoms with Crippen molar-refractivity contribution in [3.63, 3.8) is 0 Å². The maximum atomic E-state index is 11.7. The third-order valence-electron chi connectivity index (χ3n) is 2.59. The summed E-state index contributed by atoms with van der Waals surface area (Å²) < 4.78 is 8.79. The second kappa shape index (κ2) is 5.35. The van der Waals surface area contributed by atoms with Gasteiger partial charge in [-0.1, -0.05) is 46.9 Å². The molecule has 17 heavy (non-hydrogen) atoms. The number of ether oxygens (including phenoxy) is 1. The second-order valence-corrected chi connectivity index (χ2v) is 4.28. The van der Waals surface area contributed by atoms with E-state index in [0.717, 1.165) is 17.4 Å². The Bertz CT molecular complexity index is 572. The number of methoxy groups -OCH3 is 1. The van der Waals surface area contributed by atoms with Gasteiger partial charge in [0.15, 0.2) is 0 Å². The minimum absolute atomic E-state index is 0.293. The van der Waals surface area contributed by atoms with Crippen LogP contribution in [0, 0.1) is 0 Å². The highest BCUT2D eigenvalue weighted by Crippen LogP contribution is 2.22. The molecule has 0 bridgehead atoms. The molecule has 3 nitrogen and oxygen atoms in total. The highest BCUT2D eigenvalue weighted by atomic mass is 127. The zero-order valence-electron chi connectivity index (χ0n) is 9.39. The Morgan fingerprint density at radius 1 is 1.47 bits per heavy atom. The first kappa shape index (κ1) is 12.2. The molecule has 0 atom stereocenters. The van der Waals surface area contributed by atoms with Crippen molar-refractivity contribution in [1.29, 1.82) is 0 Å². The summed E-state index contributed by atoms with van der Waals surface area (Å²) in [6.45, 7) is 0.750. The van der Waals surface area contributed by atoms with Crippen molar-refractivity contribution in [1.82, 2.24) is 4.57 Å². The van der Waals surface area contributed by atoms with Gasteiger partial charge in [-0.05, 0) is 10.1 Å². The highest BCUT2D eigenvalue weighted by molar-refractivity contribution is 14.1. The fourth-order valence-electron chi connectivity index (χ4n) is 1.82. The number of aromatic nitrogens is 1. The van der Waals surface area contributed by atoms with Crippen LogP contribution in [0.3, 0.4) is 0 Å². The number of para-hydroxylation sites is 1.